The lowest BCUT2D eigenvalue weighted by Gasteiger charge is -2.33. The second kappa shape index (κ2) is 6.95. The first-order valence-electron chi connectivity index (χ1n) is 9.66. The number of H-pyrrole nitrogens is 1. The molecule has 0 radical (unpaired) electrons. The fourth-order valence-corrected chi connectivity index (χ4v) is 5.30. The predicted molar refractivity (Wildman–Crippen MR) is 106 cm³/mol. The molecule has 1 aliphatic carbocycles. The Bertz CT molecular complexity index is 942. The minimum Gasteiger partial charge on any atom is -0.361 e. The van der Waals surface area contributed by atoms with Crippen LogP contribution in [-0.4, -0.2) is 49.6 Å². The number of nitrogens with zero attached hydrogens (tertiary/aromatic N) is 1. The lowest BCUT2D eigenvalue weighted by Crippen LogP contribution is -2.41. The number of likely N-dealkylation sites (tertiary alicyclic amines) is 1. The molecule has 1 aromatic carbocycles. The number of benzene rings is 1. The molecule has 2 aromatic rings. The van der Waals surface area contributed by atoms with Crippen LogP contribution in [0.4, 0.5) is 0 Å². The third kappa shape index (κ3) is 4.04. The summed E-state index contributed by atoms with van der Waals surface area (Å²) in [5.74, 6) is 0.220. The number of carbonyl (C=O) groups excluding carboxylic acids is 1. The Morgan fingerprint density at radius 2 is 2.04 bits per heavy atom. The third-order valence-electron chi connectivity index (χ3n) is 6.17. The first-order chi connectivity index (χ1) is 12.9. The molecule has 27 heavy (non-hydrogen) atoms. The molecule has 1 unspecified atom stereocenters. The van der Waals surface area contributed by atoms with Gasteiger partial charge in [0.05, 0.1) is 6.26 Å². The van der Waals surface area contributed by atoms with E-state index in [2.05, 4.69) is 21.8 Å². The van der Waals surface area contributed by atoms with Gasteiger partial charge in [-0.25, -0.2) is 13.1 Å². The van der Waals surface area contributed by atoms with Crippen molar-refractivity contribution >= 4 is 26.8 Å². The van der Waals surface area contributed by atoms with Gasteiger partial charge in [0.15, 0.2) is 0 Å². The molecule has 1 saturated carbocycles. The van der Waals surface area contributed by atoms with Crippen LogP contribution in [0.25, 0.3) is 10.9 Å². The molecule has 2 aliphatic rings. The number of hydrogen-bond donors (Lipinski definition) is 2. The van der Waals surface area contributed by atoms with Crippen molar-refractivity contribution in [3.8, 4) is 0 Å². The highest BCUT2D eigenvalue weighted by atomic mass is 32.2. The summed E-state index contributed by atoms with van der Waals surface area (Å²) in [5.41, 5.74) is 2.50. The van der Waals surface area contributed by atoms with Crippen LogP contribution in [0.5, 0.6) is 0 Å². The van der Waals surface area contributed by atoms with Crippen LogP contribution in [-0.2, 0) is 21.2 Å². The van der Waals surface area contributed by atoms with Crippen LogP contribution in [0.3, 0.4) is 0 Å². The van der Waals surface area contributed by atoms with Gasteiger partial charge >= 0.3 is 0 Å². The monoisotopic (exact) mass is 389 g/mol. The van der Waals surface area contributed by atoms with Crippen molar-refractivity contribution in [2.75, 3.05) is 19.3 Å². The van der Waals surface area contributed by atoms with Gasteiger partial charge in [0, 0.05) is 42.7 Å². The van der Waals surface area contributed by atoms with E-state index in [1.807, 2.05) is 23.2 Å². The minimum atomic E-state index is -3.15. The van der Waals surface area contributed by atoms with Crippen LogP contribution < -0.4 is 4.72 Å². The van der Waals surface area contributed by atoms with E-state index in [1.165, 1.54) is 17.2 Å². The first-order valence-corrected chi connectivity index (χ1v) is 11.6. The van der Waals surface area contributed by atoms with Crippen molar-refractivity contribution in [1.29, 1.82) is 0 Å². The van der Waals surface area contributed by atoms with Crippen molar-refractivity contribution < 1.29 is 13.2 Å². The highest BCUT2D eigenvalue weighted by Gasteiger charge is 2.56. The number of aromatic nitrogens is 1. The number of nitrogens with one attached hydrogen (secondary N) is 2. The second-order valence-corrected chi connectivity index (χ2v) is 9.88. The highest BCUT2D eigenvalue weighted by molar-refractivity contribution is 7.88. The number of aryl methyl sites for hydroxylation is 1. The molecular formula is C20H27N3O3S. The maximum atomic E-state index is 12.5. The minimum absolute atomic E-state index is 0.0617. The molecule has 7 heteroatoms. The Balaban J connectivity index is 1.23. The van der Waals surface area contributed by atoms with Crippen molar-refractivity contribution in [3.05, 3.63) is 36.0 Å². The fraction of sp³-hybridized carbons (Fsp3) is 0.550. The molecule has 4 rings (SSSR count). The number of amides is 1. The zero-order valence-corrected chi connectivity index (χ0v) is 16.5. The van der Waals surface area contributed by atoms with E-state index in [-0.39, 0.29) is 17.4 Å². The van der Waals surface area contributed by atoms with Gasteiger partial charge in [0.1, 0.15) is 0 Å². The van der Waals surface area contributed by atoms with E-state index in [4.69, 9.17) is 0 Å². The number of hydrogen-bond acceptors (Lipinski definition) is 3. The Morgan fingerprint density at radius 1 is 1.30 bits per heavy atom. The van der Waals surface area contributed by atoms with Crippen LogP contribution in [0.15, 0.2) is 30.5 Å². The zero-order valence-electron chi connectivity index (χ0n) is 15.7. The molecule has 1 atom stereocenters. The molecule has 1 saturated heterocycles. The molecule has 2 fully saturated rings. The summed E-state index contributed by atoms with van der Waals surface area (Å²) in [5, 5.41) is 1.24. The van der Waals surface area contributed by atoms with Crippen molar-refractivity contribution in [2.24, 2.45) is 5.41 Å². The second-order valence-electron chi connectivity index (χ2n) is 8.10. The molecule has 2 heterocycles. The van der Waals surface area contributed by atoms with Gasteiger partial charge in [0.2, 0.25) is 15.9 Å². The van der Waals surface area contributed by atoms with E-state index in [0.717, 1.165) is 50.7 Å². The van der Waals surface area contributed by atoms with Crippen molar-refractivity contribution in [1.82, 2.24) is 14.6 Å². The largest absolute Gasteiger partial charge is 0.361 e. The fourth-order valence-electron chi connectivity index (χ4n) is 4.45. The number of para-hydroxylation sites is 1. The Labute approximate surface area is 160 Å². The third-order valence-corrected chi connectivity index (χ3v) is 6.88. The number of aromatic amines is 1. The summed E-state index contributed by atoms with van der Waals surface area (Å²) in [6, 6.07) is 8.30. The topological polar surface area (TPSA) is 82.3 Å². The van der Waals surface area contributed by atoms with Crippen LogP contribution in [0, 0.1) is 5.41 Å². The van der Waals surface area contributed by atoms with Crippen LogP contribution in [0.2, 0.25) is 0 Å². The van der Waals surface area contributed by atoms with Gasteiger partial charge in [-0.15, -0.1) is 0 Å². The number of carbonyl (C=O) groups is 1. The molecule has 0 bridgehead atoms. The highest BCUT2D eigenvalue weighted by Crippen LogP contribution is 2.54. The van der Waals surface area contributed by atoms with Crippen LogP contribution >= 0.6 is 0 Å². The van der Waals surface area contributed by atoms with Gasteiger partial charge in [0.25, 0.3) is 0 Å². The number of fused-ring (bicyclic) bond motifs is 1. The van der Waals surface area contributed by atoms with Gasteiger partial charge < -0.3 is 9.88 Å². The predicted octanol–water partition coefficient (Wildman–Crippen LogP) is 2.42. The summed E-state index contributed by atoms with van der Waals surface area (Å²) in [6.07, 6.45) is 8.27. The molecule has 6 nitrogen and oxygen atoms in total. The molecule has 2 N–H and O–H groups in total. The van der Waals surface area contributed by atoms with E-state index in [9.17, 15) is 13.2 Å². The maximum Gasteiger partial charge on any atom is 0.222 e. The molecule has 1 aliphatic heterocycles. The number of sulfonamides is 1. The van der Waals surface area contributed by atoms with E-state index in [1.54, 1.807) is 0 Å². The zero-order chi connectivity index (χ0) is 19.1. The summed E-state index contributed by atoms with van der Waals surface area (Å²) >= 11 is 0. The smallest absolute Gasteiger partial charge is 0.222 e. The summed E-state index contributed by atoms with van der Waals surface area (Å²) in [4.78, 5) is 17.8. The first kappa shape index (κ1) is 18.5. The van der Waals surface area contributed by atoms with E-state index < -0.39 is 10.0 Å². The molecule has 146 valence electrons. The SMILES string of the molecule is CS(=O)(=O)NC1CC12CCN(C(=O)CCCc1c[nH]c3ccccc13)CC2. The Kier molecular flexibility index (Phi) is 4.76. The number of rotatable bonds is 6. The lowest BCUT2D eigenvalue weighted by atomic mass is 9.92. The van der Waals surface area contributed by atoms with Gasteiger partial charge in [-0.3, -0.25) is 4.79 Å². The van der Waals surface area contributed by atoms with E-state index >= 15 is 0 Å². The lowest BCUT2D eigenvalue weighted by molar-refractivity contribution is -0.132. The molecular weight excluding hydrogens is 362 g/mol. The summed E-state index contributed by atoms with van der Waals surface area (Å²) in [7, 11) is -3.15. The van der Waals surface area contributed by atoms with Gasteiger partial charge in [-0.2, -0.15) is 0 Å². The summed E-state index contributed by atoms with van der Waals surface area (Å²) in [6.45, 7) is 1.49. The van der Waals surface area contributed by atoms with Crippen molar-refractivity contribution in [3.63, 3.8) is 0 Å². The normalized spacial score (nSPS) is 21.7. The Morgan fingerprint density at radius 3 is 2.78 bits per heavy atom. The van der Waals surface area contributed by atoms with Gasteiger partial charge in [-0.05, 0) is 49.1 Å². The van der Waals surface area contributed by atoms with Crippen LogP contribution in [0.1, 0.15) is 37.7 Å². The Hall–Kier alpha value is -1.86. The van der Waals surface area contributed by atoms with E-state index in [0.29, 0.717) is 6.42 Å². The quantitative estimate of drug-likeness (QED) is 0.796. The van der Waals surface area contributed by atoms with Crippen molar-refractivity contribution in [2.45, 2.75) is 44.6 Å². The average molecular weight is 390 g/mol. The molecule has 1 amide bonds. The number of piperidine rings is 1. The summed E-state index contributed by atoms with van der Waals surface area (Å²) < 4.78 is 25.5. The maximum absolute atomic E-state index is 12.5. The molecule has 1 aromatic heterocycles. The van der Waals surface area contributed by atoms with Gasteiger partial charge in [-0.1, -0.05) is 18.2 Å². The average Bonchev–Trinajstić information content (AvgIpc) is 3.09. The molecule has 1 spiro atoms. The standard InChI is InChI=1S/C20H27N3O3S/c1-27(25,26)22-18-13-20(18)9-11-23(12-10-20)19(24)8-4-5-15-14-21-17-7-3-2-6-16(15)17/h2-3,6-7,14,18,21-22H,4-5,8-13H2,1H3.